The zero-order valence-corrected chi connectivity index (χ0v) is 20.7. The second-order valence-electron chi connectivity index (χ2n) is 10.4. The number of benzene rings is 1. The summed E-state index contributed by atoms with van der Waals surface area (Å²) in [5, 5.41) is 9.95. The second-order valence-corrected chi connectivity index (χ2v) is 10.4. The Kier molecular flexibility index (Phi) is 7.28. The highest BCUT2D eigenvalue weighted by Gasteiger charge is 2.29. The summed E-state index contributed by atoms with van der Waals surface area (Å²) < 4.78 is 2.47. The van der Waals surface area contributed by atoms with E-state index in [0.29, 0.717) is 18.5 Å². The van der Waals surface area contributed by atoms with Crippen molar-refractivity contribution in [2.45, 2.75) is 71.1 Å². The number of hydrogen-bond donors (Lipinski definition) is 1. The Balaban J connectivity index is 1.45. The fraction of sp³-hybridized carbons (Fsp3) is 0.571. The maximum atomic E-state index is 9.95. The van der Waals surface area contributed by atoms with E-state index in [1.165, 1.54) is 36.2 Å². The van der Waals surface area contributed by atoms with E-state index in [-0.39, 0.29) is 12.6 Å². The minimum absolute atomic E-state index is 0.144. The van der Waals surface area contributed by atoms with E-state index >= 15 is 0 Å². The third-order valence-electron chi connectivity index (χ3n) is 7.79. The van der Waals surface area contributed by atoms with Crippen LogP contribution < -0.4 is 0 Å². The van der Waals surface area contributed by atoms with Crippen LogP contribution in [-0.2, 0) is 19.5 Å². The molecule has 1 N–H and O–H groups in total. The second kappa shape index (κ2) is 10.5. The average molecular weight is 462 g/mol. The number of aliphatic hydroxyl groups excluding tert-OH is 1. The number of pyridine rings is 1. The zero-order valence-electron chi connectivity index (χ0n) is 20.7. The number of hydrogen-bond acceptors (Lipinski definition) is 5. The molecule has 1 fully saturated rings. The Morgan fingerprint density at radius 1 is 1.12 bits per heavy atom. The van der Waals surface area contributed by atoms with Gasteiger partial charge in [-0.05, 0) is 82.2 Å². The van der Waals surface area contributed by atoms with Gasteiger partial charge in [0.05, 0.1) is 35.9 Å². The number of imidazole rings is 1. The molecule has 0 spiro atoms. The van der Waals surface area contributed by atoms with Crippen molar-refractivity contribution in [3.05, 3.63) is 59.7 Å². The first-order valence-corrected chi connectivity index (χ1v) is 13.1. The number of fused-ring (bicyclic) bond motifs is 2. The lowest BCUT2D eigenvalue weighted by molar-refractivity contribution is 0.118. The molecule has 0 bridgehead atoms. The number of nitrogens with zero attached hydrogens (tertiary/aromatic N) is 5. The smallest absolute Gasteiger partial charge is 0.124 e. The van der Waals surface area contributed by atoms with Gasteiger partial charge < -0.3 is 14.6 Å². The fourth-order valence-electron chi connectivity index (χ4n) is 6.02. The predicted molar refractivity (Wildman–Crippen MR) is 137 cm³/mol. The molecule has 1 aliphatic carbocycles. The predicted octanol–water partition coefficient (Wildman–Crippen LogP) is 4.42. The summed E-state index contributed by atoms with van der Waals surface area (Å²) >= 11 is 0. The molecule has 2 atom stereocenters. The first-order valence-electron chi connectivity index (χ1n) is 13.1. The molecule has 0 radical (unpaired) electrons. The van der Waals surface area contributed by atoms with E-state index in [9.17, 15) is 5.11 Å². The van der Waals surface area contributed by atoms with Gasteiger partial charge in [0.25, 0.3) is 0 Å². The van der Waals surface area contributed by atoms with Gasteiger partial charge in [-0.3, -0.25) is 9.88 Å². The molecule has 2 aliphatic rings. The first kappa shape index (κ1) is 23.5. The van der Waals surface area contributed by atoms with Gasteiger partial charge in [0, 0.05) is 31.9 Å². The summed E-state index contributed by atoms with van der Waals surface area (Å²) in [4.78, 5) is 14.9. The summed E-state index contributed by atoms with van der Waals surface area (Å²) in [6.45, 7) is 9.50. The Morgan fingerprint density at radius 3 is 2.85 bits per heavy atom. The molecule has 6 nitrogen and oxygen atoms in total. The van der Waals surface area contributed by atoms with Gasteiger partial charge in [-0.2, -0.15) is 0 Å². The molecule has 1 aromatic carbocycles. The Bertz CT molecular complexity index is 1090. The lowest BCUT2D eigenvalue weighted by Crippen LogP contribution is -2.41. The molecule has 0 saturated carbocycles. The maximum absolute atomic E-state index is 9.95. The van der Waals surface area contributed by atoms with E-state index < -0.39 is 0 Å². The van der Waals surface area contributed by atoms with Crippen LogP contribution >= 0.6 is 0 Å². The Hall–Kier alpha value is -2.28. The fourth-order valence-corrected chi connectivity index (χ4v) is 6.02. The van der Waals surface area contributed by atoms with Crippen molar-refractivity contribution in [1.29, 1.82) is 0 Å². The van der Waals surface area contributed by atoms with Gasteiger partial charge in [0.15, 0.2) is 0 Å². The van der Waals surface area contributed by atoms with Crippen molar-refractivity contribution < 1.29 is 5.11 Å². The van der Waals surface area contributed by atoms with Crippen molar-refractivity contribution in [2.75, 3.05) is 26.2 Å². The summed E-state index contributed by atoms with van der Waals surface area (Å²) in [6, 6.07) is 13.6. The van der Waals surface area contributed by atoms with E-state index in [0.717, 1.165) is 50.2 Å². The molecule has 1 aliphatic heterocycles. The molecule has 3 heterocycles. The zero-order chi connectivity index (χ0) is 23.5. The summed E-state index contributed by atoms with van der Waals surface area (Å²) in [5.74, 6) is 1.75. The van der Waals surface area contributed by atoms with Crippen LogP contribution in [0.4, 0.5) is 0 Å². The minimum atomic E-state index is 0.144. The quantitative estimate of drug-likeness (QED) is 0.538. The van der Waals surface area contributed by atoms with Gasteiger partial charge in [0.1, 0.15) is 5.82 Å². The van der Waals surface area contributed by atoms with Crippen LogP contribution in [0.3, 0.4) is 0 Å². The molecule has 6 heteroatoms. The van der Waals surface area contributed by atoms with Crippen molar-refractivity contribution in [3.63, 3.8) is 0 Å². The molecule has 5 rings (SSSR count). The van der Waals surface area contributed by atoms with Crippen molar-refractivity contribution >= 4 is 11.0 Å². The Labute approximate surface area is 203 Å². The number of aliphatic hydroxyl groups is 1. The number of aryl methyl sites for hydroxylation is 1. The van der Waals surface area contributed by atoms with Crippen molar-refractivity contribution in [3.8, 4) is 0 Å². The van der Waals surface area contributed by atoms with Crippen LogP contribution in [0.2, 0.25) is 0 Å². The van der Waals surface area contributed by atoms with Gasteiger partial charge in [0.2, 0.25) is 0 Å². The minimum Gasteiger partial charge on any atom is -0.395 e. The van der Waals surface area contributed by atoms with Crippen LogP contribution in [0, 0.1) is 5.92 Å². The van der Waals surface area contributed by atoms with Gasteiger partial charge in [-0.1, -0.05) is 18.2 Å². The first-order chi connectivity index (χ1) is 16.6. The molecule has 0 unspecified atom stereocenters. The van der Waals surface area contributed by atoms with E-state index in [2.05, 4.69) is 58.5 Å². The topological polar surface area (TPSA) is 57.4 Å². The normalized spacial score (nSPS) is 21.4. The van der Waals surface area contributed by atoms with Crippen LogP contribution in [0.25, 0.3) is 11.0 Å². The third kappa shape index (κ3) is 4.90. The summed E-state index contributed by atoms with van der Waals surface area (Å²) in [5.41, 5.74) is 4.83. The molecular weight excluding hydrogens is 422 g/mol. The number of piperidine rings is 1. The maximum Gasteiger partial charge on any atom is 0.124 e. The van der Waals surface area contributed by atoms with Gasteiger partial charge in [-0.15, -0.1) is 0 Å². The number of likely N-dealkylation sites (tertiary alicyclic amines) is 1. The highest BCUT2D eigenvalue weighted by molar-refractivity contribution is 5.75. The average Bonchev–Trinajstić information content (AvgIpc) is 3.20. The van der Waals surface area contributed by atoms with Crippen molar-refractivity contribution in [2.24, 2.45) is 5.92 Å². The molecule has 182 valence electrons. The monoisotopic (exact) mass is 461 g/mol. The van der Waals surface area contributed by atoms with E-state index in [4.69, 9.17) is 9.97 Å². The van der Waals surface area contributed by atoms with Crippen molar-refractivity contribution in [1.82, 2.24) is 24.3 Å². The van der Waals surface area contributed by atoms with Crippen LogP contribution in [-0.4, -0.2) is 61.7 Å². The van der Waals surface area contributed by atoms with E-state index in [1.54, 1.807) is 0 Å². The highest BCUT2D eigenvalue weighted by Crippen LogP contribution is 2.34. The van der Waals surface area contributed by atoms with Crippen LogP contribution in [0.5, 0.6) is 0 Å². The number of rotatable bonds is 8. The summed E-state index contributed by atoms with van der Waals surface area (Å²) in [7, 11) is 0. The molecule has 1 saturated heterocycles. The lowest BCUT2D eigenvalue weighted by Gasteiger charge is -2.36. The third-order valence-corrected chi connectivity index (χ3v) is 7.79. The highest BCUT2D eigenvalue weighted by atomic mass is 16.3. The largest absolute Gasteiger partial charge is 0.395 e. The molecular formula is C28H39N5O. The molecule has 3 aromatic rings. The van der Waals surface area contributed by atoms with E-state index in [1.807, 2.05) is 12.3 Å². The SMILES string of the molecule is CC(C)N1CCC[C@H](Cn2c(CN(CCO)[C@H]3CCCc4cccnc43)nc3ccccc32)C1. The summed E-state index contributed by atoms with van der Waals surface area (Å²) in [6.07, 6.45) is 7.79. The Morgan fingerprint density at radius 2 is 2.00 bits per heavy atom. The van der Waals surface area contributed by atoms with Crippen LogP contribution in [0.1, 0.15) is 62.7 Å². The molecule has 34 heavy (non-hydrogen) atoms. The van der Waals surface area contributed by atoms with Gasteiger partial charge >= 0.3 is 0 Å². The standard InChI is InChI=1S/C28H39N5O/c1-21(2)31-15-7-8-22(18-31)19-33-25-12-4-3-11-24(25)30-27(33)20-32(16-17-34)26-13-5-9-23-10-6-14-29-28(23)26/h3-4,6,10-12,14,21-22,26,34H,5,7-9,13,15-20H2,1-2H3/t22-,26-/m0/s1. The van der Waals surface area contributed by atoms with Gasteiger partial charge in [-0.25, -0.2) is 4.98 Å². The number of para-hydroxylation sites is 2. The molecule has 0 amide bonds. The molecule has 2 aromatic heterocycles. The lowest BCUT2D eigenvalue weighted by atomic mass is 9.91. The van der Waals surface area contributed by atoms with Crippen LogP contribution in [0.15, 0.2) is 42.6 Å². The number of aromatic nitrogens is 3.